The predicted octanol–water partition coefficient (Wildman–Crippen LogP) is 0.903. The Morgan fingerprint density at radius 2 is 2.24 bits per heavy atom. The number of nitrogens with one attached hydrogen (secondary N) is 2. The molecule has 1 aromatic carbocycles. The van der Waals surface area contributed by atoms with Crippen LogP contribution in [0.1, 0.15) is 0 Å². The minimum Gasteiger partial charge on any atom is -0.369 e. The molecule has 6 heteroatoms. The Labute approximate surface area is 107 Å². The Morgan fingerprint density at radius 3 is 2.94 bits per heavy atom. The van der Waals surface area contributed by atoms with Crippen LogP contribution in [0.25, 0.3) is 0 Å². The van der Waals surface area contributed by atoms with E-state index in [-0.39, 0.29) is 25.0 Å². The number of ether oxygens (including phenoxy) is 1. The maximum Gasteiger partial charge on any atom is 0.249 e. The minimum absolute atomic E-state index is 0.0127. The van der Waals surface area contributed by atoms with Crippen LogP contribution in [-0.4, -0.2) is 31.1 Å². The SMILES string of the molecule is O=C1COCC(C(=O)Nc2ccccc2Br)N1. The summed E-state index contributed by atoms with van der Waals surface area (Å²) in [6, 6.07) is 6.63. The van der Waals surface area contributed by atoms with Crippen molar-refractivity contribution in [1.29, 1.82) is 0 Å². The first-order chi connectivity index (χ1) is 8.16. The first-order valence-corrected chi connectivity index (χ1v) is 5.88. The molecule has 2 amide bonds. The number of anilines is 1. The van der Waals surface area contributed by atoms with Crippen molar-refractivity contribution < 1.29 is 14.3 Å². The van der Waals surface area contributed by atoms with Crippen LogP contribution < -0.4 is 10.6 Å². The van der Waals surface area contributed by atoms with Crippen molar-refractivity contribution in [2.24, 2.45) is 0 Å². The summed E-state index contributed by atoms with van der Waals surface area (Å²) in [5, 5.41) is 5.28. The molecule has 0 spiro atoms. The number of morpholine rings is 1. The lowest BCUT2D eigenvalue weighted by molar-refractivity contribution is -0.136. The normalized spacial score (nSPS) is 19.6. The van der Waals surface area contributed by atoms with E-state index in [1.807, 2.05) is 18.2 Å². The summed E-state index contributed by atoms with van der Waals surface area (Å²) in [6.45, 7) is 0.209. The molecule has 1 atom stereocenters. The molecular formula is C11H11BrN2O3. The number of para-hydroxylation sites is 1. The molecule has 90 valence electrons. The molecular weight excluding hydrogens is 288 g/mol. The van der Waals surface area contributed by atoms with Gasteiger partial charge < -0.3 is 15.4 Å². The summed E-state index contributed by atoms with van der Waals surface area (Å²) < 4.78 is 5.79. The number of rotatable bonds is 2. The van der Waals surface area contributed by atoms with Gasteiger partial charge in [-0.25, -0.2) is 0 Å². The summed E-state index contributed by atoms with van der Waals surface area (Å²) in [5.41, 5.74) is 0.664. The van der Waals surface area contributed by atoms with Gasteiger partial charge in [-0.05, 0) is 28.1 Å². The van der Waals surface area contributed by atoms with Crippen molar-refractivity contribution >= 4 is 33.4 Å². The molecule has 1 aliphatic heterocycles. The molecule has 1 aliphatic rings. The van der Waals surface area contributed by atoms with E-state index in [2.05, 4.69) is 26.6 Å². The molecule has 5 nitrogen and oxygen atoms in total. The van der Waals surface area contributed by atoms with Gasteiger partial charge in [0.1, 0.15) is 12.6 Å². The summed E-state index contributed by atoms with van der Waals surface area (Å²) in [6.07, 6.45) is 0. The van der Waals surface area contributed by atoms with Gasteiger partial charge in [-0.15, -0.1) is 0 Å². The number of hydrogen-bond acceptors (Lipinski definition) is 3. The summed E-state index contributed by atoms with van der Waals surface area (Å²) in [5.74, 6) is -0.562. The van der Waals surface area contributed by atoms with Crippen molar-refractivity contribution in [2.75, 3.05) is 18.5 Å². The monoisotopic (exact) mass is 298 g/mol. The van der Waals surface area contributed by atoms with E-state index in [1.54, 1.807) is 6.07 Å². The molecule has 2 N–H and O–H groups in total. The van der Waals surface area contributed by atoms with Crippen molar-refractivity contribution in [3.63, 3.8) is 0 Å². The van der Waals surface area contributed by atoms with Crippen molar-refractivity contribution in [2.45, 2.75) is 6.04 Å². The van der Waals surface area contributed by atoms with Crippen molar-refractivity contribution in [3.8, 4) is 0 Å². The summed E-state index contributed by atoms with van der Waals surface area (Å²) in [4.78, 5) is 22.9. The van der Waals surface area contributed by atoms with Gasteiger partial charge in [-0.1, -0.05) is 12.1 Å². The molecule has 0 aromatic heterocycles. The van der Waals surface area contributed by atoms with Crippen LogP contribution in [0.5, 0.6) is 0 Å². The van der Waals surface area contributed by atoms with Gasteiger partial charge in [0.25, 0.3) is 0 Å². The molecule has 1 heterocycles. The van der Waals surface area contributed by atoms with Gasteiger partial charge >= 0.3 is 0 Å². The standard InChI is InChI=1S/C11H11BrN2O3/c12-7-3-1-2-4-8(7)14-11(16)9-5-17-6-10(15)13-9/h1-4,9H,5-6H2,(H,13,15)(H,14,16). The van der Waals surface area contributed by atoms with E-state index in [4.69, 9.17) is 4.74 Å². The molecule has 1 aromatic rings. The molecule has 1 fully saturated rings. The zero-order valence-corrected chi connectivity index (χ0v) is 10.5. The van der Waals surface area contributed by atoms with E-state index >= 15 is 0 Å². The van der Waals surface area contributed by atoms with E-state index < -0.39 is 6.04 Å². The number of halogens is 1. The number of carbonyl (C=O) groups excluding carboxylic acids is 2. The molecule has 1 saturated heterocycles. The van der Waals surface area contributed by atoms with Gasteiger partial charge in [-0.2, -0.15) is 0 Å². The molecule has 1 unspecified atom stereocenters. The molecule has 0 bridgehead atoms. The molecule has 0 saturated carbocycles. The van der Waals surface area contributed by atoms with Gasteiger partial charge in [0.15, 0.2) is 0 Å². The van der Waals surface area contributed by atoms with Crippen molar-refractivity contribution in [3.05, 3.63) is 28.7 Å². The number of benzene rings is 1. The predicted molar refractivity (Wildman–Crippen MR) is 65.5 cm³/mol. The lowest BCUT2D eigenvalue weighted by atomic mass is 10.2. The highest BCUT2D eigenvalue weighted by molar-refractivity contribution is 9.10. The highest BCUT2D eigenvalue weighted by atomic mass is 79.9. The molecule has 2 rings (SSSR count). The smallest absolute Gasteiger partial charge is 0.249 e. The highest BCUT2D eigenvalue weighted by Crippen LogP contribution is 2.21. The molecule has 0 radical (unpaired) electrons. The zero-order valence-electron chi connectivity index (χ0n) is 8.90. The maximum absolute atomic E-state index is 11.8. The largest absolute Gasteiger partial charge is 0.369 e. The third kappa shape index (κ3) is 3.04. The van der Waals surface area contributed by atoms with Crippen LogP contribution in [-0.2, 0) is 14.3 Å². The van der Waals surface area contributed by atoms with Crippen LogP contribution in [0.2, 0.25) is 0 Å². The Morgan fingerprint density at radius 1 is 1.47 bits per heavy atom. The van der Waals surface area contributed by atoms with Crippen LogP contribution in [0.15, 0.2) is 28.7 Å². The first-order valence-electron chi connectivity index (χ1n) is 5.09. The second-order valence-electron chi connectivity index (χ2n) is 3.60. The van der Waals surface area contributed by atoms with Gasteiger partial charge in [-0.3, -0.25) is 9.59 Å². The van der Waals surface area contributed by atoms with Gasteiger partial charge in [0.05, 0.1) is 12.3 Å². The number of amides is 2. The van der Waals surface area contributed by atoms with Crippen LogP contribution in [0.3, 0.4) is 0 Å². The maximum atomic E-state index is 11.8. The fourth-order valence-electron chi connectivity index (χ4n) is 1.47. The van der Waals surface area contributed by atoms with Crippen LogP contribution >= 0.6 is 15.9 Å². The summed E-state index contributed by atoms with van der Waals surface area (Å²) in [7, 11) is 0. The molecule has 17 heavy (non-hydrogen) atoms. The number of carbonyl (C=O) groups is 2. The fraction of sp³-hybridized carbons (Fsp3) is 0.273. The van der Waals surface area contributed by atoms with Gasteiger partial charge in [0, 0.05) is 4.47 Å². The zero-order chi connectivity index (χ0) is 12.3. The third-order valence-electron chi connectivity index (χ3n) is 2.30. The van der Waals surface area contributed by atoms with Gasteiger partial charge in [0.2, 0.25) is 11.8 Å². The fourth-order valence-corrected chi connectivity index (χ4v) is 1.85. The topological polar surface area (TPSA) is 67.4 Å². The quantitative estimate of drug-likeness (QED) is 0.852. The Hall–Kier alpha value is -1.40. The second-order valence-corrected chi connectivity index (χ2v) is 4.46. The van der Waals surface area contributed by atoms with Crippen LogP contribution in [0, 0.1) is 0 Å². The second kappa shape index (κ2) is 5.29. The lowest BCUT2D eigenvalue weighted by Gasteiger charge is -2.22. The van der Waals surface area contributed by atoms with E-state index in [1.165, 1.54) is 0 Å². The average Bonchev–Trinajstić information content (AvgIpc) is 2.32. The highest BCUT2D eigenvalue weighted by Gasteiger charge is 2.25. The Kier molecular flexibility index (Phi) is 3.75. The van der Waals surface area contributed by atoms with E-state index in [9.17, 15) is 9.59 Å². The Balaban J connectivity index is 2.02. The number of hydrogen-bond donors (Lipinski definition) is 2. The lowest BCUT2D eigenvalue weighted by Crippen LogP contribution is -2.51. The Bertz CT molecular complexity index is 450. The van der Waals surface area contributed by atoms with Crippen LogP contribution in [0.4, 0.5) is 5.69 Å². The van der Waals surface area contributed by atoms with Crippen molar-refractivity contribution in [1.82, 2.24) is 5.32 Å². The van der Waals surface area contributed by atoms with E-state index in [0.29, 0.717) is 5.69 Å². The first kappa shape index (κ1) is 12.1. The summed E-state index contributed by atoms with van der Waals surface area (Å²) >= 11 is 3.33. The third-order valence-corrected chi connectivity index (χ3v) is 2.99. The van der Waals surface area contributed by atoms with E-state index in [0.717, 1.165) is 4.47 Å². The minimum atomic E-state index is -0.636. The average molecular weight is 299 g/mol. The molecule has 0 aliphatic carbocycles.